The van der Waals surface area contributed by atoms with E-state index in [9.17, 15) is 0 Å². The molecular weight excluding hydrogens is 1770 g/mol. The summed E-state index contributed by atoms with van der Waals surface area (Å²) < 4.78 is 0. The fourth-order valence-corrected chi connectivity index (χ4v) is 27.5. The zero-order valence-corrected chi connectivity index (χ0v) is 95.3. The summed E-state index contributed by atoms with van der Waals surface area (Å²) in [5, 5.41) is 0. The molecule has 0 bridgehead atoms. The first-order valence-corrected chi connectivity index (χ1v) is 55.9. The van der Waals surface area contributed by atoms with E-state index in [4.69, 9.17) is 0 Å². The van der Waals surface area contributed by atoms with E-state index in [1.807, 2.05) is 0 Å². The Balaban J connectivity index is 0.000000173. The SMILES string of the molecule is Cc1cc(N(c2ccc3c(c2)C(C)(C)CCC3(C)C)c2ccc3c(c2)C(C)(C)CCC3(C)C)cc(N(c2ccc3c(c2)C(C)(C)CCC3(C)C)c2c(-c3ccccc3)cc(C(C)(C)C)cc2-c2ccccc2)c1.Cc1cc2c3c(c1)N(c1c(-c4ccccc4)cc(C(C)(C)C)cc1-c1ccccc1)c1cc4c(cc1B3c1cc3c(cc1N2c1ccc2c(c1)C(C)(C)CCC2(C)C)C(C)(C)CCC3(C)C)C(C)(C)CCC4(C)C. The molecule has 0 unspecified atom stereocenters. The highest BCUT2D eigenvalue weighted by atomic mass is 15.2. The van der Waals surface area contributed by atoms with Gasteiger partial charge in [0.25, 0.3) is 6.71 Å². The molecule has 0 radical (unpaired) electrons. The van der Waals surface area contributed by atoms with Crippen LogP contribution in [0, 0.1) is 13.8 Å². The van der Waals surface area contributed by atoms with Gasteiger partial charge in [0, 0.05) is 79.1 Å². The van der Waals surface area contributed by atoms with Gasteiger partial charge in [-0.05, 0) is 410 Å². The van der Waals surface area contributed by atoms with Crippen molar-refractivity contribution in [3.05, 3.63) is 362 Å². The summed E-state index contributed by atoms with van der Waals surface area (Å²) >= 11 is 0. The van der Waals surface area contributed by atoms with Gasteiger partial charge in [0.15, 0.2) is 0 Å². The largest absolute Gasteiger partial charge is 0.311 e. The topological polar surface area (TPSA) is 13.0 Å². The minimum absolute atomic E-state index is 0.00888. The van der Waals surface area contributed by atoms with Crippen molar-refractivity contribution in [1.29, 1.82) is 0 Å². The zero-order valence-electron chi connectivity index (χ0n) is 95.3. The van der Waals surface area contributed by atoms with Crippen molar-refractivity contribution >= 4 is 91.3 Å². The van der Waals surface area contributed by atoms with Gasteiger partial charge in [0.1, 0.15) is 0 Å². The Labute approximate surface area is 885 Å². The number of hydrogen-bond acceptors (Lipinski definition) is 4. The van der Waals surface area contributed by atoms with E-state index in [-0.39, 0.29) is 82.5 Å². The third-order valence-electron chi connectivity index (χ3n) is 37.8. The number of fused-ring (bicyclic) bond motifs is 10. The molecule has 0 spiro atoms. The lowest BCUT2D eigenvalue weighted by Gasteiger charge is -2.49. The third-order valence-corrected chi connectivity index (χ3v) is 37.8. The van der Waals surface area contributed by atoms with Crippen molar-refractivity contribution in [2.24, 2.45) is 0 Å². The van der Waals surface area contributed by atoms with Gasteiger partial charge in [-0.2, -0.15) is 0 Å². The molecule has 0 saturated heterocycles. The van der Waals surface area contributed by atoms with Crippen molar-refractivity contribution < 1.29 is 0 Å². The average molecular weight is 1940 g/mol. The van der Waals surface area contributed by atoms with Gasteiger partial charge in [-0.3, -0.25) is 0 Å². The molecule has 0 atom stereocenters. The lowest BCUT2D eigenvalue weighted by molar-refractivity contribution is 0.332. The van der Waals surface area contributed by atoms with Crippen LogP contribution in [0.4, 0.5) is 68.2 Å². The maximum atomic E-state index is 2.78. The van der Waals surface area contributed by atoms with Crippen LogP contribution in [0.1, 0.15) is 374 Å². The van der Waals surface area contributed by atoms with Crippen LogP contribution in [0.2, 0.25) is 0 Å². The zero-order chi connectivity index (χ0) is 105. The fourth-order valence-electron chi connectivity index (χ4n) is 27.5. The normalized spacial score (nSPS) is 19.3. The molecule has 2 heterocycles. The first kappa shape index (κ1) is 101. The van der Waals surface area contributed by atoms with E-state index in [2.05, 4.69) is 514 Å². The maximum Gasteiger partial charge on any atom is 0.252 e. The first-order chi connectivity index (χ1) is 68.9. The van der Waals surface area contributed by atoms with Crippen LogP contribution in [0.3, 0.4) is 0 Å². The van der Waals surface area contributed by atoms with Gasteiger partial charge in [0.05, 0.1) is 11.4 Å². The minimum Gasteiger partial charge on any atom is -0.311 e. The van der Waals surface area contributed by atoms with Crippen LogP contribution in [0.25, 0.3) is 44.5 Å². The molecule has 0 aromatic heterocycles. The van der Waals surface area contributed by atoms with Gasteiger partial charge in [-0.1, -0.05) is 365 Å². The number of anilines is 12. The molecule has 5 heteroatoms. The van der Waals surface area contributed by atoms with Crippen LogP contribution in [0.15, 0.2) is 273 Å². The Bertz CT molecular complexity index is 7370. The number of nitrogens with zero attached hydrogens (tertiary/aromatic N) is 4. The molecule has 0 fully saturated rings. The van der Waals surface area contributed by atoms with Crippen molar-refractivity contribution in [2.45, 2.75) is 374 Å². The monoisotopic (exact) mass is 1940 g/mol. The first-order valence-electron chi connectivity index (χ1n) is 55.9. The summed E-state index contributed by atoms with van der Waals surface area (Å²) in [5.41, 5.74) is 52.6. The van der Waals surface area contributed by atoms with E-state index >= 15 is 0 Å². The molecule has 0 N–H and O–H groups in total. The molecule has 2 aliphatic heterocycles. The van der Waals surface area contributed by atoms with Crippen molar-refractivity contribution in [3.8, 4) is 44.5 Å². The average Bonchev–Trinajstić information content (AvgIpc) is 0.677. The summed E-state index contributed by atoms with van der Waals surface area (Å²) in [5.74, 6) is 0. The fraction of sp³-hybridized carbons (Fsp3) is 0.408. The molecule has 147 heavy (non-hydrogen) atoms. The summed E-state index contributed by atoms with van der Waals surface area (Å²) in [6.07, 6.45) is 14.1. The number of aryl methyl sites for hydroxylation is 2. The number of rotatable bonds is 12. The maximum absolute atomic E-state index is 2.78. The second-order valence-electron chi connectivity index (χ2n) is 56.3. The quantitative estimate of drug-likeness (QED) is 0.113. The molecule has 14 aromatic rings. The lowest BCUT2D eigenvalue weighted by Crippen LogP contribution is -2.62. The van der Waals surface area contributed by atoms with Gasteiger partial charge in [-0.15, -0.1) is 0 Å². The molecule has 4 nitrogen and oxygen atoms in total. The Hall–Kier alpha value is -11.7. The lowest BCUT2D eigenvalue weighted by atomic mass is 9.32. The van der Waals surface area contributed by atoms with Crippen molar-refractivity contribution in [3.63, 3.8) is 0 Å². The Morgan fingerprint density at radius 2 is 0.483 bits per heavy atom. The molecule has 0 amide bonds. The second-order valence-corrected chi connectivity index (χ2v) is 56.3. The highest BCUT2D eigenvalue weighted by molar-refractivity contribution is 7.00. The molecule has 8 aliphatic rings. The van der Waals surface area contributed by atoms with Gasteiger partial charge in [0.2, 0.25) is 0 Å². The standard InChI is InChI=1S/C71H81BN2.C71H84N2/c1-44-35-61-63-62(36-44)74(64-49(45-23-19-17-20-24-45)37-47(65(2,3)4)38-50(64)46-25-21-18-22-26-46)60-43-56-54(69(11,12)32-34-71(56,15)16)41-58(60)72(63)57-40-53-55(70(13,14)33-31-68(53,9)10)42-59(57)73(61)48-27-28-51-52(39-48)67(7,8)30-29-66(51,5)6;1-47-39-54(72(51-27-30-58-61(44-51)69(11,12)36-33-66(58,5)6)52-28-31-59-62(45-52)70(13,14)37-34-67(59,7)8)43-55(40-47)73(53-29-32-60-63(46-53)71(15,16)38-35-68(60,9)10)64-56(48-23-19-17-20-24-48)41-50(65(2,3)4)42-57(64)49-25-21-18-22-26-49/h17-28,35-43H,29-34H2,1-16H3;17-32,39-46H,33-38H2,1-16H3. The smallest absolute Gasteiger partial charge is 0.252 e. The molecule has 6 aliphatic carbocycles. The molecule has 14 aromatic carbocycles. The third kappa shape index (κ3) is 17.5. The summed E-state index contributed by atoms with van der Waals surface area (Å²) in [6.45, 7) is 78.2. The van der Waals surface area contributed by atoms with Crippen LogP contribution in [-0.2, 0) is 75.8 Å². The number of hydrogen-bond donors (Lipinski definition) is 0. The molecule has 22 rings (SSSR count). The molecule has 756 valence electrons. The second kappa shape index (κ2) is 35.0. The van der Waals surface area contributed by atoms with Crippen LogP contribution in [-0.4, -0.2) is 6.71 Å². The van der Waals surface area contributed by atoms with E-state index in [1.165, 1.54) is 271 Å². The van der Waals surface area contributed by atoms with Gasteiger partial charge >= 0.3 is 0 Å². The van der Waals surface area contributed by atoms with E-state index < -0.39 is 0 Å². The summed E-state index contributed by atoms with van der Waals surface area (Å²) in [4.78, 5) is 10.8. The summed E-state index contributed by atoms with van der Waals surface area (Å²) in [6, 6.07) is 108. The minimum atomic E-state index is -0.0911. The number of benzene rings is 14. The highest BCUT2D eigenvalue weighted by Gasteiger charge is 2.52. The molecule has 0 saturated carbocycles. The van der Waals surface area contributed by atoms with Crippen LogP contribution in [0.5, 0.6) is 0 Å². The van der Waals surface area contributed by atoms with Crippen LogP contribution < -0.4 is 36.0 Å². The van der Waals surface area contributed by atoms with E-state index in [1.54, 1.807) is 0 Å². The van der Waals surface area contributed by atoms with Crippen LogP contribution >= 0.6 is 0 Å². The Morgan fingerprint density at radius 1 is 0.224 bits per heavy atom. The Kier molecular flexibility index (Phi) is 24.1. The predicted octanol–water partition coefficient (Wildman–Crippen LogP) is 38.4. The van der Waals surface area contributed by atoms with Gasteiger partial charge in [-0.25, -0.2) is 0 Å². The van der Waals surface area contributed by atoms with Crippen molar-refractivity contribution in [2.75, 3.05) is 19.6 Å². The van der Waals surface area contributed by atoms with E-state index in [0.29, 0.717) is 0 Å². The highest BCUT2D eigenvalue weighted by Crippen LogP contribution is 2.62. The van der Waals surface area contributed by atoms with Gasteiger partial charge < -0.3 is 19.6 Å². The van der Waals surface area contributed by atoms with E-state index in [0.717, 1.165) is 24.2 Å². The predicted molar refractivity (Wildman–Crippen MR) is 637 cm³/mol. The van der Waals surface area contributed by atoms with Crippen molar-refractivity contribution in [1.82, 2.24) is 0 Å². The Morgan fingerprint density at radius 3 is 0.816 bits per heavy atom. The summed E-state index contributed by atoms with van der Waals surface area (Å²) in [7, 11) is 0. The molecular formula is C142H165BN4.